The number of aromatic hydroxyl groups is 2. The van der Waals surface area contributed by atoms with Crippen LogP contribution in [0.4, 0.5) is 0 Å². The van der Waals surface area contributed by atoms with Gasteiger partial charge in [-0.1, -0.05) is 6.07 Å². The lowest BCUT2D eigenvalue weighted by Gasteiger charge is -2.38. The first-order valence-corrected chi connectivity index (χ1v) is 8.16. The van der Waals surface area contributed by atoms with Gasteiger partial charge in [-0.3, -0.25) is 0 Å². The molecule has 0 aliphatic carbocycles. The summed E-state index contributed by atoms with van der Waals surface area (Å²) in [4.78, 5) is 23.3. The highest BCUT2D eigenvalue weighted by molar-refractivity contribution is 5.87. The van der Waals surface area contributed by atoms with Gasteiger partial charge in [0, 0.05) is 6.08 Å². The highest BCUT2D eigenvalue weighted by atomic mass is 16.8. The van der Waals surface area contributed by atoms with Crippen LogP contribution in [0.5, 0.6) is 11.5 Å². The number of carbonyl (C=O) groups is 2. The van der Waals surface area contributed by atoms with Crippen LogP contribution in [0.2, 0.25) is 0 Å². The third kappa shape index (κ3) is 3.41. The Kier molecular flexibility index (Phi) is 5.28. The van der Waals surface area contributed by atoms with Gasteiger partial charge in [0.25, 0.3) is 5.79 Å². The molecule has 1 unspecified atom stereocenters. The van der Waals surface area contributed by atoms with Crippen LogP contribution in [-0.2, 0) is 23.8 Å². The summed E-state index contributed by atoms with van der Waals surface area (Å²) in [6, 6.07) is 3.88. The van der Waals surface area contributed by atoms with Crippen molar-refractivity contribution < 1.29 is 54.4 Å². The molecule has 0 aromatic heterocycles. The molecule has 6 N–H and O–H groups in total. The number of fused-ring (bicyclic) bond motifs is 2. The second-order valence-electron chi connectivity index (χ2n) is 6.35. The number of aliphatic hydroxyl groups excluding tert-OH is 3. The van der Waals surface area contributed by atoms with Gasteiger partial charge in [0.1, 0.15) is 37.1 Å². The topological polar surface area (TPSA) is 183 Å². The van der Waals surface area contributed by atoms with Crippen molar-refractivity contribution in [3.05, 3.63) is 29.8 Å². The van der Waals surface area contributed by atoms with Crippen molar-refractivity contribution in [3.8, 4) is 11.5 Å². The summed E-state index contributed by atoms with van der Waals surface area (Å²) >= 11 is 0. The molecule has 152 valence electrons. The zero-order valence-corrected chi connectivity index (χ0v) is 14.2. The molecule has 11 heteroatoms. The molecule has 2 fully saturated rings. The number of carbonyl (C=O) groups excluding carboxylic acids is 1. The van der Waals surface area contributed by atoms with Gasteiger partial charge in [0.05, 0.1) is 0 Å². The summed E-state index contributed by atoms with van der Waals surface area (Å²) in [5.41, 5.74) is 0.398. The molecule has 0 spiro atoms. The van der Waals surface area contributed by atoms with E-state index in [1.165, 1.54) is 24.3 Å². The van der Waals surface area contributed by atoms with E-state index in [1.807, 2.05) is 0 Å². The minimum Gasteiger partial charge on any atom is -0.504 e. The lowest BCUT2D eigenvalue weighted by Crippen LogP contribution is -2.63. The van der Waals surface area contributed by atoms with Crippen LogP contribution in [-0.4, -0.2) is 85.5 Å². The predicted octanol–water partition coefficient (Wildman–Crippen LogP) is -1.68. The molecule has 2 heterocycles. The van der Waals surface area contributed by atoms with Gasteiger partial charge < -0.3 is 44.8 Å². The van der Waals surface area contributed by atoms with Gasteiger partial charge in [-0.15, -0.1) is 0 Å². The molecule has 3 rings (SSSR count). The number of ether oxygens (including phenoxy) is 3. The van der Waals surface area contributed by atoms with Crippen molar-refractivity contribution in [1.82, 2.24) is 0 Å². The molecule has 2 aliphatic heterocycles. The summed E-state index contributed by atoms with van der Waals surface area (Å²) in [5, 5.41) is 57.6. The summed E-state index contributed by atoms with van der Waals surface area (Å²) in [6.45, 7) is -0.514. The fourth-order valence-corrected chi connectivity index (χ4v) is 3.01. The number of rotatable bonds is 5. The largest absolute Gasteiger partial charge is 0.504 e. The highest BCUT2D eigenvalue weighted by Gasteiger charge is 2.67. The molecule has 28 heavy (non-hydrogen) atoms. The smallest absolute Gasteiger partial charge is 0.367 e. The number of benzene rings is 1. The molecular formula is C17H18O11. The van der Waals surface area contributed by atoms with Crippen LogP contribution in [0.1, 0.15) is 5.56 Å². The Morgan fingerprint density at radius 1 is 1.11 bits per heavy atom. The molecule has 0 amide bonds. The number of carboxylic acids is 1. The number of esters is 1. The van der Waals surface area contributed by atoms with Gasteiger partial charge in [-0.2, -0.15) is 0 Å². The van der Waals surface area contributed by atoms with Gasteiger partial charge in [-0.05, 0) is 23.8 Å². The molecule has 11 nitrogen and oxygen atoms in total. The average Bonchev–Trinajstić information content (AvgIpc) is 3.03. The Balaban J connectivity index is 1.64. The van der Waals surface area contributed by atoms with Crippen LogP contribution in [0.15, 0.2) is 24.3 Å². The Bertz CT molecular complexity index is 806. The maximum atomic E-state index is 11.8. The lowest BCUT2D eigenvalue weighted by atomic mass is 9.93. The van der Waals surface area contributed by atoms with Crippen LogP contribution in [0, 0.1) is 0 Å². The average molecular weight is 398 g/mol. The first-order valence-electron chi connectivity index (χ1n) is 8.16. The quantitative estimate of drug-likeness (QED) is 0.189. The Morgan fingerprint density at radius 2 is 1.82 bits per heavy atom. The van der Waals surface area contributed by atoms with Crippen molar-refractivity contribution in [3.63, 3.8) is 0 Å². The molecule has 2 bridgehead atoms. The van der Waals surface area contributed by atoms with E-state index < -0.39 is 54.9 Å². The standard InChI is InChI=1S/C17H18O11/c18-8-3-1-7(5-9(8)19)2-4-11(20)26-6-10-14-12(21)13(22)15(23)17(27-10,28-14)16(24)25/h1-5,10,12-15,18-19,21-23H,6H2,(H,24,25)/b4-2+/t10-,12+,13+,14+,15?,17+/m0/s1. The molecule has 6 atom stereocenters. The summed E-state index contributed by atoms with van der Waals surface area (Å²) in [6.07, 6.45) is -5.78. The van der Waals surface area contributed by atoms with Gasteiger partial charge in [-0.25, -0.2) is 9.59 Å². The van der Waals surface area contributed by atoms with Crippen molar-refractivity contribution in [2.45, 2.75) is 36.3 Å². The molecule has 1 aromatic rings. The van der Waals surface area contributed by atoms with E-state index in [2.05, 4.69) is 0 Å². The second kappa shape index (κ2) is 7.37. The maximum Gasteiger partial charge on any atom is 0.367 e. The number of phenolic OH excluding ortho intramolecular Hbond substituents is 2. The SMILES string of the molecule is O=C(/C=C/c1ccc(O)c(O)c1)OC[C@@H]1O[C@@]2(C(=O)O)O[C@H]1[C@H](O)[C@@H](O)C2O. The molecule has 0 saturated carbocycles. The van der Waals surface area contributed by atoms with E-state index in [9.17, 15) is 40.2 Å². The second-order valence-corrected chi connectivity index (χ2v) is 6.35. The monoisotopic (exact) mass is 398 g/mol. The molecular weight excluding hydrogens is 380 g/mol. The number of hydrogen-bond donors (Lipinski definition) is 6. The minimum absolute atomic E-state index is 0.320. The van der Waals surface area contributed by atoms with E-state index in [-0.39, 0.29) is 11.5 Å². The lowest BCUT2D eigenvalue weighted by molar-refractivity contribution is -0.289. The minimum atomic E-state index is -2.57. The van der Waals surface area contributed by atoms with Crippen molar-refractivity contribution in [2.75, 3.05) is 6.61 Å². The third-order valence-electron chi connectivity index (χ3n) is 4.50. The fourth-order valence-electron chi connectivity index (χ4n) is 3.01. The molecule has 1 aromatic carbocycles. The predicted molar refractivity (Wildman–Crippen MR) is 87.9 cm³/mol. The summed E-state index contributed by atoms with van der Waals surface area (Å²) < 4.78 is 15.2. The zero-order chi connectivity index (χ0) is 20.6. The van der Waals surface area contributed by atoms with Gasteiger partial charge >= 0.3 is 11.9 Å². The number of aliphatic carboxylic acids is 1. The fraction of sp³-hybridized carbons (Fsp3) is 0.412. The van der Waals surface area contributed by atoms with Crippen molar-refractivity contribution in [2.24, 2.45) is 0 Å². The summed E-state index contributed by atoms with van der Waals surface area (Å²) in [7, 11) is 0. The van der Waals surface area contributed by atoms with E-state index >= 15 is 0 Å². The molecule has 2 saturated heterocycles. The van der Waals surface area contributed by atoms with Crippen molar-refractivity contribution in [1.29, 1.82) is 0 Å². The third-order valence-corrected chi connectivity index (χ3v) is 4.50. The number of phenols is 2. The van der Waals surface area contributed by atoms with Crippen LogP contribution >= 0.6 is 0 Å². The molecule has 0 radical (unpaired) electrons. The Hall–Kier alpha value is -2.70. The maximum absolute atomic E-state index is 11.8. The number of carboxylic acid groups (broad SMARTS) is 1. The van der Waals surface area contributed by atoms with Crippen LogP contribution < -0.4 is 0 Å². The summed E-state index contributed by atoms with van der Waals surface area (Å²) in [5.74, 6) is -5.81. The normalized spacial score (nSPS) is 34.5. The van der Waals surface area contributed by atoms with Crippen LogP contribution in [0.3, 0.4) is 0 Å². The highest BCUT2D eigenvalue weighted by Crippen LogP contribution is 2.41. The first kappa shape index (κ1) is 20.0. The van der Waals surface area contributed by atoms with Gasteiger partial charge in [0.15, 0.2) is 11.5 Å². The number of hydrogen-bond acceptors (Lipinski definition) is 10. The van der Waals surface area contributed by atoms with E-state index in [0.717, 1.165) is 6.08 Å². The van der Waals surface area contributed by atoms with E-state index in [0.29, 0.717) is 5.56 Å². The Morgan fingerprint density at radius 3 is 2.46 bits per heavy atom. The van der Waals surface area contributed by atoms with E-state index in [1.54, 1.807) is 0 Å². The zero-order valence-electron chi connectivity index (χ0n) is 14.2. The molecule has 2 aliphatic rings. The Labute approximate surface area is 157 Å². The van der Waals surface area contributed by atoms with Crippen molar-refractivity contribution >= 4 is 18.0 Å². The first-order chi connectivity index (χ1) is 13.2. The van der Waals surface area contributed by atoms with E-state index in [4.69, 9.17) is 14.2 Å². The number of aliphatic hydroxyl groups is 3. The van der Waals surface area contributed by atoms with Gasteiger partial charge in [0.2, 0.25) is 0 Å². The van der Waals surface area contributed by atoms with Crippen LogP contribution in [0.25, 0.3) is 6.08 Å².